The first-order chi connectivity index (χ1) is 10.3. The fraction of sp³-hybridized carbons (Fsp3) is 0.650. The van der Waals surface area contributed by atoms with Gasteiger partial charge in [0.25, 0.3) is 0 Å². The molecule has 0 unspecified atom stereocenters. The number of ketones is 1. The number of ether oxygens (including phenoxy) is 1. The molecular formula is C20H32O2. The maximum atomic E-state index is 12.4. The fourth-order valence-electron chi connectivity index (χ4n) is 2.61. The van der Waals surface area contributed by atoms with Gasteiger partial charge >= 0.3 is 0 Å². The minimum Gasteiger partial charge on any atom is -0.493 e. The zero-order chi connectivity index (χ0) is 16.7. The third-order valence-corrected chi connectivity index (χ3v) is 3.72. The topological polar surface area (TPSA) is 26.3 Å². The molecule has 0 bridgehead atoms. The molecule has 1 atom stereocenters. The Balaban J connectivity index is 2.70. The molecule has 1 aromatic rings. The summed E-state index contributed by atoms with van der Waals surface area (Å²) in [4.78, 5) is 12.4. The summed E-state index contributed by atoms with van der Waals surface area (Å²) in [7, 11) is 0. The van der Waals surface area contributed by atoms with Crippen LogP contribution in [-0.2, 0) is 11.2 Å². The second-order valence-electron chi connectivity index (χ2n) is 7.44. The predicted octanol–water partition coefficient (Wildman–Crippen LogP) is 5.15. The largest absolute Gasteiger partial charge is 0.493 e. The van der Waals surface area contributed by atoms with Crippen LogP contribution in [0.5, 0.6) is 5.75 Å². The summed E-state index contributed by atoms with van der Waals surface area (Å²) in [5.41, 5.74) is 1.22. The van der Waals surface area contributed by atoms with Crippen molar-refractivity contribution in [2.75, 3.05) is 6.61 Å². The number of benzene rings is 1. The van der Waals surface area contributed by atoms with Gasteiger partial charge in [0.15, 0.2) is 0 Å². The van der Waals surface area contributed by atoms with Crippen LogP contribution in [0, 0.1) is 23.7 Å². The number of rotatable bonds is 9. The van der Waals surface area contributed by atoms with Crippen LogP contribution in [0.1, 0.15) is 53.5 Å². The van der Waals surface area contributed by atoms with Gasteiger partial charge in [0.1, 0.15) is 11.5 Å². The van der Waals surface area contributed by atoms with E-state index in [1.807, 2.05) is 26.0 Å². The zero-order valence-electron chi connectivity index (χ0n) is 15.1. The number of Topliss-reactive ketones (excluding diaryl/α,β-unsaturated/α-hetero) is 1. The molecule has 0 aliphatic carbocycles. The van der Waals surface area contributed by atoms with Crippen LogP contribution in [0.15, 0.2) is 24.3 Å². The molecule has 0 radical (unpaired) electrons. The van der Waals surface area contributed by atoms with E-state index >= 15 is 0 Å². The number of hydrogen-bond acceptors (Lipinski definition) is 2. The molecule has 124 valence electrons. The summed E-state index contributed by atoms with van der Waals surface area (Å²) >= 11 is 0. The third kappa shape index (κ3) is 6.64. The van der Waals surface area contributed by atoms with Crippen LogP contribution < -0.4 is 4.74 Å². The van der Waals surface area contributed by atoms with E-state index in [2.05, 4.69) is 39.8 Å². The van der Waals surface area contributed by atoms with Gasteiger partial charge in [-0.3, -0.25) is 4.79 Å². The monoisotopic (exact) mass is 304 g/mol. The van der Waals surface area contributed by atoms with Gasteiger partial charge in [0.05, 0.1) is 6.61 Å². The van der Waals surface area contributed by atoms with E-state index in [9.17, 15) is 4.79 Å². The first kappa shape index (κ1) is 18.7. The molecule has 0 aliphatic heterocycles. The van der Waals surface area contributed by atoms with E-state index in [4.69, 9.17) is 4.74 Å². The average molecular weight is 304 g/mol. The average Bonchev–Trinajstić information content (AvgIpc) is 2.44. The van der Waals surface area contributed by atoms with Gasteiger partial charge in [-0.1, -0.05) is 53.7 Å². The van der Waals surface area contributed by atoms with Crippen molar-refractivity contribution in [3.05, 3.63) is 29.8 Å². The molecule has 22 heavy (non-hydrogen) atoms. The van der Waals surface area contributed by atoms with Gasteiger partial charge in [0, 0.05) is 11.8 Å². The van der Waals surface area contributed by atoms with Crippen LogP contribution >= 0.6 is 0 Å². The minimum absolute atomic E-state index is 0.109. The Bertz CT molecular complexity index is 443. The van der Waals surface area contributed by atoms with Crippen molar-refractivity contribution in [3.8, 4) is 5.75 Å². The third-order valence-electron chi connectivity index (χ3n) is 3.72. The molecule has 0 aromatic heterocycles. The van der Waals surface area contributed by atoms with Crippen molar-refractivity contribution in [3.63, 3.8) is 0 Å². The van der Waals surface area contributed by atoms with Gasteiger partial charge in [-0.2, -0.15) is 0 Å². The second-order valence-corrected chi connectivity index (χ2v) is 7.44. The quantitative estimate of drug-likeness (QED) is 0.630. The molecule has 2 heteroatoms. The van der Waals surface area contributed by atoms with Gasteiger partial charge in [-0.25, -0.2) is 0 Å². The van der Waals surface area contributed by atoms with Crippen LogP contribution in [0.4, 0.5) is 0 Å². The Hall–Kier alpha value is -1.31. The van der Waals surface area contributed by atoms with Crippen molar-refractivity contribution < 1.29 is 9.53 Å². The Labute approximate surface area is 136 Å². The summed E-state index contributed by atoms with van der Waals surface area (Å²) in [5.74, 6) is 2.60. The highest BCUT2D eigenvalue weighted by atomic mass is 16.5. The molecule has 0 heterocycles. The molecule has 0 aliphatic rings. The number of carbonyl (C=O) groups is 1. The zero-order valence-corrected chi connectivity index (χ0v) is 15.1. The Kier molecular flexibility index (Phi) is 7.64. The molecular weight excluding hydrogens is 272 g/mol. The lowest BCUT2D eigenvalue weighted by Gasteiger charge is -2.20. The van der Waals surface area contributed by atoms with E-state index in [1.165, 1.54) is 5.56 Å². The highest BCUT2D eigenvalue weighted by molar-refractivity contribution is 5.83. The normalized spacial score (nSPS) is 13.0. The first-order valence-corrected chi connectivity index (χ1v) is 8.55. The minimum atomic E-state index is 0.109. The summed E-state index contributed by atoms with van der Waals surface area (Å²) in [6.07, 6.45) is 1.79. The van der Waals surface area contributed by atoms with Crippen molar-refractivity contribution in [2.24, 2.45) is 23.7 Å². The Morgan fingerprint density at radius 2 is 1.55 bits per heavy atom. The number of hydrogen-bond donors (Lipinski definition) is 0. The lowest BCUT2D eigenvalue weighted by molar-refractivity contribution is -0.126. The van der Waals surface area contributed by atoms with Crippen LogP contribution in [0.25, 0.3) is 0 Å². The summed E-state index contributed by atoms with van der Waals surface area (Å²) in [6, 6.07) is 8.22. The molecule has 1 rings (SSSR count). The molecule has 0 amide bonds. The predicted molar refractivity (Wildman–Crippen MR) is 93.3 cm³/mol. The van der Waals surface area contributed by atoms with E-state index < -0.39 is 0 Å². The van der Waals surface area contributed by atoms with E-state index in [0.29, 0.717) is 17.6 Å². The smallest absolute Gasteiger partial charge is 0.138 e. The van der Waals surface area contributed by atoms with Crippen molar-refractivity contribution in [1.82, 2.24) is 0 Å². The van der Waals surface area contributed by atoms with E-state index in [-0.39, 0.29) is 11.8 Å². The Morgan fingerprint density at radius 1 is 0.955 bits per heavy atom. The molecule has 0 fully saturated rings. The molecule has 0 spiro atoms. The van der Waals surface area contributed by atoms with Crippen molar-refractivity contribution in [1.29, 1.82) is 0 Å². The summed E-state index contributed by atoms with van der Waals surface area (Å²) < 4.78 is 5.71. The molecule has 0 N–H and O–H groups in total. The highest BCUT2D eigenvalue weighted by Gasteiger charge is 2.22. The van der Waals surface area contributed by atoms with Gasteiger partial charge < -0.3 is 4.74 Å². The van der Waals surface area contributed by atoms with Crippen molar-refractivity contribution in [2.45, 2.75) is 54.4 Å². The lowest BCUT2D eigenvalue weighted by Crippen LogP contribution is -2.23. The van der Waals surface area contributed by atoms with Gasteiger partial charge in [0.2, 0.25) is 0 Å². The maximum Gasteiger partial charge on any atom is 0.138 e. The Morgan fingerprint density at radius 3 is 2.00 bits per heavy atom. The van der Waals surface area contributed by atoms with Crippen molar-refractivity contribution >= 4 is 5.78 Å². The molecule has 2 nitrogen and oxygen atoms in total. The van der Waals surface area contributed by atoms with Crippen LogP contribution in [0.3, 0.4) is 0 Å². The molecule has 0 saturated heterocycles. The lowest BCUT2D eigenvalue weighted by atomic mass is 9.84. The SMILES string of the molecule is CC(C)COc1ccc(C[C@@H](CC(C)C)C(=O)C(C)C)cc1. The van der Waals surface area contributed by atoms with E-state index in [0.717, 1.165) is 25.2 Å². The second kappa shape index (κ2) is 8.97. The molecule has 1 aromatic carbocycles. The first-order valence-electron chi connectivity index (χ1n) is 8.55. The van der Waals surface area contributed by atoms with Crippen LogP contribution in [-0.4, -0.2) is 12.4 Å². The van der Waals surface area contributed by atoms with Crippen LogP contribution in [0.2, 0.25) is 0 Å². The van der Waals surface area contributed by atoms with E-state index in [1.54, 1.807) is 0 Å². The molecule has 0 saturated carbocycles. The number of carbonyl (C=O) groups excluding carboxylic acids is 1. The summed E-state index contributed by atoms with van der Waals surface area (Å²) in [6.45, 7) is 13.4. The fourth-order valence-corrected chi connectivity index (χ4v) is 2.61. The summed E-state index contributed by atoms with van der Waals surface area (Å²) in [5, 5.41) is 0. The standard InChI is InChI=1S/C20H32O2/c1-14(2)11-18(20(21)16(5)6)12-17-7-9-19(10-8-17)22-13-15(3)4/h7-10,14-16,18H,11-13H2,1-6H3/t18-/m1/s1. The highest BCUT2D eigenvalue weighted by Crippen LogP contribution is 2.23. The van der Waals surface area contributed by atoms with Gasteiger partial charge in [-0.15, -0.1) is 0 Å². The maximum absolute atomic E-state index is 12.4. The van der Waals surface area contributed by atoms with Gasteiger partial charge in [-0.05, 0) is 42.4 Å².